The average molecular weight is 353 g/mol. The molecule has 0 unspecified atom stereocenters. The fourth-order valence-electron chi connectivity index (χ4n) is 2.32. The molecule has 5 nitrogen and oxygen atoms in total. The lowest BCUT2D eigenvalue weighted by molar-refractivity contribution is 0.355. The third kappa shape index (κ3) is 3.97. The van der Waals surface area contributed by atoms with Crippen LogP contribution in [0.5, 0.6) is 11.5 Å². The Bertz CT molecular complexity index is 875. The molecule has 25 heavy (non-hydrogen) atoms. The van der Waals surface area contributed by atoms with Gasteiger partial charge in [0.25, 0.3) is 0 Å². The van der Waals surface area contributed by atoms with Gasteiger partial charge in [-0.1, -0.05) is 30.3 Å². The molecular weight excluding hydrogens is 334 g/mol. The van der Waals surface area contributed by atoms with Crippen molar-refractivity contribution in [2.24, 2.45) is 5.10 Å². The van der Waals surface area contributed by atoms with Crippen molar-refractivity contribution < 1.29 is 9.47 Å². The van der Waals surface area contributed by atoms with Crippen LogP contribution in [0.1, 0.15) is 12.5 Å². The molecule has 0 aliphatic rings. The van der Waals surface area contributed by atoms with E-state index in [1.165, 1.54) is 11.3 Å². The van der Waals surface area contributed by atoms with Gasteiger partial charge in [-0.25, -0.2) is 4.98 Å². The van der Waals surface area contributed by atoms with Gasteiger partial charge in [-0.3, -0.25) is 5.43 Å². The summed E-state index contributed by atoms with van der Waals surface area (Å²) in [5, 5.41) is 7.18. The van der Waals surface area contributed by atoms with Crippen LogP contribution in [0.25, 0.3) is 11.3 Å². The average Bonchev–Trinajstić information content (AvgIpc) is 3.15. The molecule has 3 rings (SSSR count). The first kappa shape index (κ1) is 17.0. The molecule has 0 bridgehead atoms. The van der Waals surface area contributed by atoms with Crippen LogP contribution in [0.2, 0.25) is 0 Å². The Morgan fingerprint density at radius 2 is 1.80 bits per heavy atom. The number of nitrogens with one attached hydrogen (secondary N) is 1. The van der Waals surface area contributed by atoms with E-state index >= 15 is 0 Å². The number of rotatable bonds is 6. The van der Waals surface area contributed by atoms with Crippen LogP contribution in [0, 0.1) is 0 Å². The van der Waals surface area contributed by atoms with Gasteiger partial charge in [0.05, 0.1) is 25.6 Å². The summed E-state index contributed by atoms with van der Waals surface area (Å²) in [5.74, 6) is 1.37. The summed E-state index contributed by atoms with van der Waals surface area (Å²) in [6.07, 6.45) is 0. The van der Waals surface area contributed by atoms with Gasteiger partial charge in [0.2, 0.25) is 5.13 Å². The molecule has 3 aromatic rings. The van der Waals surface area contributed by atoms with Gasteiger partial charge in [-0.05, 0) is 25.1 Å². The molecule has 1 N–H and O–H groups in total. The summed E-state index contributed by atoms with van der Waals surface area (Å²) in [6.45, 7) is 1.93. The molecule has 0 saturated carbocycles. The molecule has 1 aromatic heterocycles. The fraction of sp³-hybridized carbons (Fsp3) is 0.158. The fourth-order valence-corrected chi connectivity index (χ4v) is 2.99. The molecule has 0 amide bonds. The van der Waals surface area contributed by atoms with Crippen molar-refractivity contribution in [3.63, 3.8) is 0 Å². The van der Waals surface area contributed by atoms with E-state index in [2.05, 4.69) is 15.5 Å². The van der Waals surface area contributed by atoms with Crippen LogP contribution in [0.3, 0.4) is 0 Å². The van der Waals surface area contributed by atoms with Gasteiger partial charge in [0, 0.05) is 16.5 Å². The third-order valence-electron chi connectivity index (χ3n) is 3.69. The van der Waals surface area contributed by atoms with Crippen molar-refractivity contribution in [1.82, 2.24) is 4.98 Å². The molecule has 128 valence electrons. The molecule has 1 heterocycles. The van der Waals surface area contributed by atoms with Crippen molar-refractivity contribution in [3.8, 4) is 22.8 Å². The Morgan fingerprint density at radius 1 is 1.04 bits per heavy atom. The van der Waals surface area contributed by atoms with E-state index in [9.17, 15) is 0 Å². The number of anilines is 1. The molecule has 0 aliphatic heterocycles. The molecule has 0 atom stereocenters. The highest BCUT2D eigenvalue weighted by Crippen LogP contribution is 2.28. The van der Waals surface area contributed by atoms with E-state index < -0.39 is 0 Å². The van der Waals surface area contributed by atoms with E-state index in [4.69, 9.17) is 9.47 Å². The zero-order chi connectivity index (χ0) is 17.6. The third-order valence-corrected chi connectivity index (χ3v) is 4.44. The van der Waals surface area contributed by atoms with Gasteiger partial charge < -0.3 is 9.47 Å². The summed E-state index contributed by atoms with van der Waals surface area (Å²) in [5.41, 5.74) is 6.83. The minimum atomic E-state index is 0.676. The van der Waals surface area contributed by atoms with E-state index in [1.807, 2.05) is 60.8 Å². The number of aromatic nitrogens is 1. The molecule has 0 radical (unpaired) electrons. The lowest BCUT2D eigenvalue weighted by Crippen LogP contribution is -2.01. The highest BCUT2D eigenvalue weighted by molar-refractivity contribution is 7.14. The quantitative estimate of drug-likeness (QED) is 0.517. The standard InChI is InChI=1S/C19H19N3O2S/c1-13(15-9-10-17(23-2)18(11-15)24-3)21-22-19-20-16(12-25-19)14-7-5-4-6-8-14/h4-12H,1-3H3,(H,20,22)/b21-13+. The Morgan fingerprint density at radius 3 is 2.52 bits per heavy atom. The van der Waals surface area contributed by atoms with Crippen LogP contribution in [-0.4, -0.2) is 24.9 Å². The van der Waals surface area contributed by atoms with Crippen LogP contribution < -0.4 is 14.9 Å². The number of hydrogen-bond donors (Lipinski definition) is 1. The first-order valence-corrected chi connectivity index (χ1v) is 8.63. The maximum absolute atomic E-state index is 5.33. The second kappa shape index (κ2) is 7.81. The zero-order valence-corrected chi connectivity index (χ0v) is 15.1. The number of nitrogens with zero attached hydrogens (tertiary/aromatic N) is 2. The molecule has 0 fully saturated rings. The number of hydrogen-bond acceptors (Lipinski definition) is 6. The van der Waals surface area contributed by atoms with Crippen molar-refractivity contribution >= 4 is 22.2 Å². The zero-order valence-electron chi connectivity index (χ0n) is 14.3. The highest BCUT2D eigenvalue weighted by Gasteiger charge is 2.07. The van der Waals surface area contributed by atoms with E-state index in [0.717, 1.165) is 27.7 Å². The van der Waals surface area contributed by atoms with Gasteiger partial charge in [-0.2, -0.15) is 5.10 Å². The predicted octanol–water partition coefficient (Wildman–Crippen LogP) is 4.66. The van der Waals surface area contributed by atoms with Crippen molar-refractivity contribution in [2.45, 2.75) is 6.92 Å². The summed E-state index contributed by atoms with van der Waals surface area (Å²) in [7, 11) is 3.24. The number of benzene rings is 2. The first-order valence-electron chi connectivity index (χ1n) is 7.75. The van der Waals surface area contributed by atoms with Crippen molar-refractivity contribution in [1.29, 1.82) is 0 Å². The Kier molecular flexibility index (Phi) is 5.30. The van der Waals surface area contributed by atoms with Gasteiger partial charge in [0.15, 0.2) is 11.5 Å². The normalized spacial score (nSPS) is 11.2. The number of hydrazone groups is 1. The van der Waals surface area contributed by atoms with Crippen molar-refractivity contribution in [3.05, 3.63) is 59.5 Å². The lowest BCUT2D eigenvalue weighted by atomic mass is 10.1. The highest BCUT2D eigenvalue weighted by atomic mass is 32.1. The second-order valence-electron chi connectivity index (χ2n) is 5.28. The van der Waals surface area contributed by atoms with E-state index in [1.54, 1.807) is 14.2 Å². The van der Waals surface area contributed by atoms with Gasteiger partial charge >= 0.3 is 0 Å². The molecule has 0 spiro atoms. The summed E-state index contributed by atoms with van der Waals surface area (Å²) < 4.78 is 10.6. The molecule has 0 saturated heterocycles. The first-order chi connectivity index (χ1) is 12.2. The maximum Gasteiger partial charge on any atom is 0.203 e. The molecular formula is C19H19N3O2S. The SMILES string of the molecule is COc1ccc(/C(C)=N/Nc2nc(-c3ccccc3)cs2)cc1OC. The predicted molar refractivity (Wildman–Crippen MR) is 103 cm³/mol. The Balaban J connectivity index is 1.75. The number of ether oxygens (including phenoxy) is 2. The van der Waals surface area contributed by atoms with Crippen LogP contribution in [0.4, 0.5) is 5.13 Å². The maximum atomic E-state index is 5.33. The van der Waals surface area contributed by atoms with Crippen molar-refractivity contribution in [2.75, 3.05) is 19.6 Å². The van der Waals surface area contributed by atoms with E-state index in [0.29, 0.717) is 11.5 Å². The van der Waals surface area contributed by atoms with Crippen LogP contribution >= 0.6 is 11.3 Å². The smallest absolute Gasteiger partial charge is 0.203 e. The number of thiazole rings is 1. The lowest BCUT2D eigenvalue weighted by Gasteiger charge is -2.09. The van der Waals surface area contributed by atoms with Gasteiger partial charge in [0.1, 0.15) is 0 Å². The van der Waals surface area contributed by atoms with Crippen LogP contribution in [0.15, 0.2) is 59.0 Å². The van der Waals surface area contributed by atoms with Crippen LogP contribution in [-0.2, 0) is 0 Å². The van der Waals surface area contributed by atoms with E-state index in [-0.39, 0.29) is 0 Å². The number of methoxy groups -OCH3 is 2. The second-order valence-corrected chi connectivity index (χ2v) is 6.14. The molecule has 0 aliphatic carbocycles. The largest absolute Gasteiger partial charge is 0.493 e. The Hall–Kier alpha value is -2.86. The topological polar surface area (TPSA) is 55.7 Å². The monoisotopic (exact) mass is 353 g/mol. The van der Waals surface area contributed by atoms with Gasteiger partial charge in [-0.15, -0.1) is 11.3 Å². The minimum Gasteiger partial charge on any atom is -0.493 e. The summed E-state index contributed by atoms with van der Waals surface area (Å²) >= 11 is 1.52. The summed E-state index contributed by atoms with van der Waals surface area (Å²) in [6, 6.07) is 15.8. The molecule has 6 heteroatoms. The summed E-state index contributed by atoms with van der Waals surface area (Å²) in [4.78, 5) is 4.56. The minimum absolute atomic E-state index is 0.676. The Labute approximate surface area is 151 Å². The molecule has 2 aromatic carbocycles.